The Labute approximate surface area is 295 Å². The minimum absolute atomic E-state index is 0.0705. The number of hydrogen-bond acceptors (Lipinski definition) is 7. The maximum absolute atomic E-state index is 10.5. The number of rotatable bonds is 33. The number of allylic oxidation sites excluding steroid dienone is 11. The van der Waals surface area contributed by atoms with Gasteiger partial charge in [0.15, 0.2) is 0 Å². The topological polar surface area (TPSA) is 89.4 Å². The van der Waals surface area contributed by atoms with Crippen LogP contribution in [0.2, 0.25) is 0 Å². The van der Waals surface area contributed by atoms with E-state index in [0.717, 1.165) is 44.9 Å². The van der Waals surface area contributed by atoms with E-state index in [-0.39, 0.29) is 13.2 Å². The van der Waals surface area contributed by atoms with E-state index in [1.165, 1.54) is 70.6 Å². The Balaban J connectivity index is 2.20. The molecule has 2 unspecified atom stereocenters. The van der Waals surface area contributed by atoms with Crippen molar-refractivity contribution in [3.05, 3.63) is 73.1 Å². The molecule has 48 heavy (non-hydrogen) atoms. The summed E-state index contributed by atoms with van der Waals surface area (Å²) in [5, 5.41) is 13.4. The zero-order valence-electron chi connectivity index (χ0n) is 30.6. The third kappa shape index (κ3) is 29.4. The second kappa shape index (κ2) is 33.9. The average molecular weight is 694 g/mol. The molecule has 0 amide bonds. The van der Waals surface area contributed by atoms with Crippen LogP contribution in [0.4, 0.5) is 0 Å². The van der Waals surface area contributed by atoms with Crippen LogP contribution in [0, 0.1) is 0 Å². The fourth-order valence-corrected chi connectivity index (χ4v) is 6.67. The summed E-state index contributed by atoms with van der Waals surface area (Å²) in [6.07, 6.45) is 47.1. The van der Waals surface area contributed by atoms with Gasteiger partial charge >= 0.3 is 168 Å². The molecule has 0 aromatic carbocycles. The SMILES string of the molecule is CC/C=C\C/C=C\C/C=C\C/C=C\C/C=C\CCC(O)OC(CO/C=C\CCCCCCCCCCCCCC)CO[PH]1(O)NCCO1. The molecule has 0 aliphatic carbocycles. The summed E-state index contributed by atoms with van der Waals surface area (Å²) in [5.41, 5.74) is 0. The molecule has 278 valence electrons. The van der Waals surface area contributed by atoms with Crippen molar-refractivity contribution in [1.82, 2.24) is 5.09 Å². The first-order chi connectivity index (χ1) is 23.6. The third-order valence-electron chi connectivity index (χ3n) is 8.00. The first kappa shape index (κ1) is 44.5. The van der Waals surface area contributed by atoms with Gasteiger partial charge in [-0.3, -0.25) is 0 Å². The van der Waals surface area contributed by atoms with Crippen LogP contribution in [-0.2, 0) is 18.5 Å². The molecule has 2 atom stereocenters. The summed E-state index contributed by atoms with van der Waals surface area (Å²) in [6, 6.07) is 0. The van der Waals surface area contributed by atoms with Crippen molar-refractivity contribution >= 4 is 8.09 Å². The van der Waals surface area contributed by atoms with Crippen LogP contribution in [0.3, 0.4) is 0 Å². The van der Waals surface area contributed by atoms with E-state index < -0.39 is 20.5 Å². The number of unbranched alkanes of at least 4 members (excludes halogenated alkanes) is 12. The van der Waals surface area contributed by atoms with Gasteiger partial charge < -0.3 is 0 Å². The summed E-state index contributed by atoms with van der Waals surface area (Å²) in [6.45, 7) is 5.69. The molecule has 1 aliphatic heterocycles. The fraction of sp³-hybridized carbons (Fsp3) is 0.700. The third-order valence-corrected chi connectivity index (χ3v) is 9.85. The summed E-state index contributed by atoms with van der Waals surface area (Å²) in [4.78, 5) is 10.4. The van der Waals surface area contributed by atoms with Crippen molar-refractivity contribution in [2.45, 2.75) is 155 Å². The normalized spacial score (nSPS) is 17.3. The average Bonchev–Trinajstić information content (AvgIpc) is 3.53. The van der Waals surface area contributed by atoms with Crippen LogP contribution in [0.15, 0.2) is 73.1 Å². The number of hydrogen-bond donors (Lipinski definition) is 3. The van der Waals surface area contributed by atoms with E-state index >= 15 is 0 Å². The molecule has 0 radical (unpaired) electrons. The number of aliphatic hydroxyl groups excluding tert-OH is 1. The number of ether oxygens (including phenoxy) is 2. The molecule has 8 heteroatoms. The summed E-state index contributed by atoms with van der Waals surface area (Å²) >= 11 is 0. The molecule has 1 aliphatic rings. The number of nitrogens with one attached hydrogen (secondary N) is 1. The molecular formula is C40H72NO6P. The molecule has 0 aromatic heterocycles. The minimum atomic E-state index is -3.37. The fourth-order valence-electron chi connectivity index (χ4n) is 5.17. The van der Waals surface area contributed by atoms with Crippen molar-refractivity contribution in [3.8, 4) is 0 Å². The van der Waals surface area contributed by atoms with E-state index in [1.54, 1.807) is 6.26 Å². The summed E-state index contributed by atoms with van der Waals surface area (Å²) in [7, 11) is -3.37. The Kier molecular flexibility index (Phi) is 31.4. The second-order valence-corrected chi connectivity index (χ2v) is 14.6. The van der Waals surface area contributed by atoms with Gasteiger partial charge in [0.25, 0.3) is 0 Å². The molecule has 1 heterocycles. The Bertz CT molecular complexity index is 881. The maximum atomic E-state index is 10.5. The van der Waals surface area contributed by atoms with Crippen LogP contribution in [-0.4, -0.2) is 48.8 Å². The van der Waals surface area contributed by atoms with Gasteiger partial charge in [0.2, 0.25) is 0 Å². The van der Waals surface area contributed by atoms with Crippen molar-refractivity contribution in [3.63, 3.8) is 0 Å². The molecule has 0 spiro atoms. The van der Waals surface area contributed by atoms with Gasteiger partial charge in [-0.05, 0) is 25.7 Å². The van der Waals surface area contributed by atoms with Gasteiger partial charge in [-0.1, -0.05) is 102 Å². The van der Waals surface area contributed by atoms with Crippen molar-refractivity contribution in [2.75, 3.05) is 26.4 Å². The molecule has 0 aromatic rings. The monoisotopic (exact) mass is 694 g/mol. The standard InChI is InChI=1S/C40H72NO6P/c1-3-5-7-9-11-13-15-17-19-20-21-23-25-27-29-31-33-40(42)47-39(38-46-48(43)41-34-36-45-48)37-44-35-32-30-28-26-24-22-18-16-14-12-10-8-6-4-2/h5,7,11,13,17,19,21,23,27,29,32,35,39-43,48H,3-4,6,8-10,12,14-16,18,20,22,24-26,28,30-31,33-34,36-38H2,1-2H3/b7-5-,13-11-,19-17-,23-21-,29-27-,35-32-. The van der Waals surface area contributed by atoms with Gasteiger partial charge in [-0.25, -0.2) is 0 Å². The molecule has 3 N–H and O–H groups in total. The summed E-state index contributed by atoms with van der Waals surface area (Å²) < 4.78 is 22.6. The van der Waals surface area contributed by atoms with Gasteiger partial charge in [0.1, 0.15) is 0 Å². The Hall–Kier alpha value is -1.57. The molecule has 1 fully saturated rings. The van der Waals surface area contributed by atoms with Crippen LogP contribution >= 0.6 is 8.09 Å². The Morgan fingerprint density at radius 1 is 0.667 bits per heavy atom. The van der Waals surface area contributed by atoms with Crippen molar-refractivity contribution < 1.29 is 28.5 Å². The van der Waals surface area contributed by atoms with Gasteiger partial charge in [-0.15, -0.1) is 0 Å². The zero-order valence-corrected chi connectivity index (χ0v) is 31.6. The van der Waals surface area contributed by atoms with E-state index in [2.05, 4.69) is 85.8 Å². The molecule has 1 rings (SSSR count). The van der Waals surface area contributed by atoms with Crippen molar-refractivity contribution in [1.29, 1.82) is 0 Å². The van der Waals surface area contributed by atoms with Gasteiger partial charge in [0.05, 0.1) is 0 Å². The van der Waals surface area contributed by atoms with Crippen LogP contribution in [0.1, 0.15) is 142 Å². The van der Waals surface area contributed by atoms with E-state index in [0.29, 0.717) is 26.0 Å². The Morgan fingerprint density at radius 3 is 1.75 bits per heavy atom. The van der Waals surface area contributed by atoms with E-state index in [9.17, 15) is 10.00 Å². The molecular weight excluding hydrogens is 621 g/mol. The molecule has 1 saturated heterocycles. The number of aliphatic hydroxyl groups is 1. The summed E-state index contributed by atoms with van der Waals surface area (Å²) in [5.74, 6) is 0. The quantitative estimate of drug-likeness (QED) is 0.0207. The van der Waals surface area contributed by atoms with Crippen LogP contribution in [0.25, 0.3) is 0 Å². The Morgan fingerprint density at radius 2 is 1.21 bits per heavy atom. The van der Waals surface area contributed by atoms with Crippen LogP contribution in [0.5, 0.6) is 0 Å². The second-order valence-electron chi connectivity index (χ2n) is 12.5. The first-order valence-electron chi connectivity index (χ1n) is 19.2. The predicted molar refractivity (Wildman–Crippen MR) is 206 cm³/mol. The van der Waals surface area contributed by atoms with E-state index in [4.69, 9.17) is 18.5 Å². The predicted octanol–water partition coefficient (Wildman–Crippen LogP) is 10.9. The first-order valence-corrected chi connectivity index (χ1v) is 21.0. The van der Waals surface area contributed by atoms with Gasteiger partial charge in [0, 0.05) is 0 Å². The van der Waals surface area contributed by atoms with Crippen LogP contribution < -0.4 is 5.09 Å². The molecule has 7 nitrogen and oxygen atoms in total. The van der Waals surface area contributed by atoms with E-state index in [1.807, 2.05) is 0 Å². The molecule has 0 bridgehead atoms. The zero-order chi connectivity index (χ0) is 34.6. The van der Waals surface area contributed by atoms with Gasteiger partial charge in [-0.2, -0.15) is 0 Å². The van der Waals surface area contributed by atoms with Crippen molar-refractivity contribution in [2.24, 2.45) is 0 Å². The molecule has 0 saturated carbocycles.